The highest BCUT2D eigenvalue weighted by atomic mass is 15.1. The molecule has 0 aliphatic rings. The summed E-state index contributed by atoms with van der Waals surface area (Å²) in [6.45, 7) is 15.8. The maximum Gasteiger partial charge on any atom is 0.0470 e. The summed E-state index contributed by atoms with van der Waals surface area (Å²) >= 11 is 0. The Kier molecular flexibility index (Phi) is 5.88. The number of rotatable bonds is 6. The van der Waals surface area contributed by atoms with E-state index in [2.05, 4.69) is 63.6 Å². The summed E-state index contributed by atoms with van der Waals surface area (Å²) in [6.07, 6.45) is 5.97. The first-order valence-corrected chi connectivity index (χ1v) is 7.12. The van der Waals surface area contributed by atoms with Crippen LogP contribution in [0.5, 0.6) is 0 Å². The zero-order valence-electron chi connectivity index (χ0n) is 13.0. The Morgan fingerprint density at radius 3 is 1.95 bits per heavy atom. The van der Waals surface area contributed by atoms with Crippen molar-refractivity contribution < 1.29 is 0 Å². The van der Waals surface area contributed by atoms with Gasteiger partial charge in [-0.1, -0.05) is 58.5 Å². The number of hydrogen-bond acceptors (Lipinski definition) is 1. The van der Waals surface area contributed by atoms with E-state index in [0.29, 0.717) is 11.8 Å². The van der Waals surface area contributed by atoms with E-state index in [9.17, 15) is 0 Å². The Morgan fingerprint density at radius 2 is 1.58 bits per heavy atom. The number of hydrogen-bond donors (Lipinski definition) is 0. The third-order valence-corrected chi connectivity index (χ3v) is 3.31. The van der Waals surface area contributed by atoms with Crippen molar-refractivity contribution in [2.75, 3.05) is 0 Å². The van der Waals surface area contributed by atoms with Crippen LogP contribution >= 0.6 is 0 Å². The zero-order chi connectivity index (χ0) is 14.4. The molecule has 1 rings (SSSR count). The molecule has 0 aliphatic carbocycles. The normalized spacial score (nSPS) is 11.5. The molecule has 0 aliphatic heterocycles. The van der Waals surface area contributed by atoms with Gasteiger partial charge in [0.15, 0.2) is 0 Å². The lowest BCUT2D eigenvalue weighted by molar-refractivity contribution is 0.501. The number of nitrogens with zero attached hydrogens (tertiary/aromatic N) is 1. The second-order valence-corrected chi connectivity index (χ2v) is 5.65. The van der Waals surface area contributed by atoms with E-state index < -0.39 is 0 Å². The Labute approximate surface area is 118 Å². The highest BCUT2D eigenvalue weighted by molar-refractivity contribution is 5.33. The fourth-order valence-electron chi connectivity index (χ4n) is 2.08. The quantitative estimate of drug-likeness (QED) is 0.658. The van der Waals surface area contributed by atoms with Crippen LogP contribution in [0, 0.1) is 0 Å². The molecule has 0 fully saturated rings. The lowest BCUT2D eigenvalue weighted by Crippen LogP contribution is -2.09. The van der Waals surface area contributed by atoms with E-state index in [4.69, 9.17) is 0 Å². The molecule has 0 atom stereocenters. The molecule has 0 saturated carbocycles. The molecule has 1 nitrogen and oxygen atoms in total. The van der Waals surface area contributed by atoms with Crippen LogP contribution in [0.4, 0.5) is 0 Å². The number of allylic oxidation sites excluding steroid dienone is 1. The van der Waals surface area contributed by atoms with Crippen molar-refractivity contribution in [2.24, 2.45) is 0 Å². The minimum absolute atomic E-state index is 0.566. The van der Waals surface area contributed by atoms with Gasteiger partial charge in [-0.25, -0.2) is 0 Å². The van der Waals surface area contributed by atoms with Crippen molar-refractivity contribution in [2.45, 2.75) is 53.0 Å². The minimum atomic E-state index is 0.566. The Balaban J connectivity index is 3.08. The van der Waals surface area contributed by atoms with Crippen LogP contribution < -0.4 is 0 Å². The van der Waals surface area contributed by atoms with Gasteiger partial charge in [-0.3, -0.25) is 0 Å². The molecule has 0 bridgehead atoms. The third kappa shape index (κ3) is 4.59. The van der Waals surface area contributed by atoms with E-state index in [0.717, 1.165) is 6.54 Å². The van der Waals surface area contributed by atoms with Gasteiger partial charge in [0.05, 0.1) is 0 Å². The topological polar surface area (TPSA) is 3.24 Å². The lowest BCUT2D eigenvalue weighted by Gasteiger charge is -2.19. The van der Waals surface area contributed by atoms with Gasteiger partial charge in [0.2, 0.25) is 0 Å². The van der Waals surface area contributed by atoms with Gasteiger partial charge >= 0.3 is 0 Å². The van der Waals surface area contributed by atoms with Gasteiger partial charge in [0.1, 0.15) is 0 Å². The van der Waals surface area contributed by atoms with Crippen LogP contribution in [0.2, 0.25) is 0 Å². The number of benzene rings is 1. The van der Waals surface area contributed by atoms with Crippen LogP contribution in [-0.2, 0) is 6.54 Å². The summed E-state index contributed by atoms with van der Waals surface area (Å²) < 4.78 is 0. The molecule has 0 unspecified atom stereocenters. The van der Waals surface area contributed by atoms with Crippen LogP contribution in [0.1, 0.15) is 63.1 Å². The van der Waals surface area contributed by atoms with Gasteiger partial charge < -0.3 is 4.90 Å². The standard InChI is InChI=1S/C18H27N/c1-7-9-19(8-2)13-16-10-17(14(3)4)12-18(11-16)15(5)6/h7-12,14-15H,2,13H2,1,3-6H3/b9-7-. The summed E-state index contributed by atoms with van der Waals surface area (Å²) in [4.78, 5) is 2.11. The van der Waals surface area contributed by atoms with Crippen molar-refractivity contribution in [1.29, 1.82) is 0 Å². The summed E-state index contributed by atoms with van der Waals surface area (Å²) in [5.74, 6) is 1.13. The van der Waals surface area contributed by atoms with Gasteiger partial charge in [-0.05, 0) is 47.8 Å². The molecule has 0 aromatic heterocycles. The molecular weight excluding hydrogens is 230 g/mol. The molecule has 0 radical (unpaired) electrons. The van der Waals surface area contributed by atoms with Crippen molar-refractivity contribution in [3.05, 3.63) is 59.9 Å². The molecule has 1 aromatic rings. The molecular formula is C18H27N. The van der Waals surface area contributed by atoms with E-state index in [1.165, 1.54) is 16.7 Å². The Hall–Kier alpha value is -1.50. The molecule has 19 heavy (non-hydrogen) atoms. The lowest BCUT2D eigenvalue weighted by atomic mass is 9.93. The van der Waals surface area contributed by atoms with Gasteiger partial charge in [0, 0.05) is 6.54 Å². The smallest absolute Gasteiger partial charge is 0.0470 e. The van der Waals surface area contributed by atoms with Crippen molar-refractivity contribution in [3.8, 4) is 0 Å². The molecule has 0 amide bonds. The molecule has 0 heterocycles. The molecule has 1 heteroatoms. The predicted molar refractivity (Wildman–Crippen MR) is 85.2 cm³/mol. The summed E-state index contributed by atoms with van der Waals surface area (Å²) in [5, 5.41) is 0. The Morgan fingerprint density at radius 1 is 1.05 bits per heavy atom. The van der Waals surface area contributed by atoms with E-state index in [1.807, 2.05) is 19.2 Å². The van der Waals surface area contributed by atoms with Crippen LogP contribution in [-0.4, -0.2) is 4.90 Å². The zero-order valence-corrected chi connectivity index (χ0v) is 13.0. The summed E-state index contributed by atoms with van der Waals surface area (Å²) in [6, 6.07) is 6.97. The average Bonchev–Trinajstić information content (AvgIpc) is 2.37. The first kappa shape index (κ1) is 15.6. The molecule has 0 spiro atoms. The predicted octanol–water partition coefficient (Wildman–Crippen LogP) is 5.41. The van der Waals surface area contributed by atoms with Crippen LogP contribution in [0.25, 0.3) is 0 Å². The van der Waals surface area contributed by atoms with Crippen molar-refractivity contribution in [1.82, 2.24) is 4.90 Å². The fraction of sp³-hybridized carbons (Fsp3) is 0.444. The molecule has 1 aromatic carbocycles. The van der Waals surface area contributed by atoms with E-state index in [1.54, 1.807) is 0 Å². The van der Waals surface area contributed by atoms with Gasteiger partial charge in [-0.2, -0.15) is 0 Å². The second-order valence-electron chi connectivity index (χ2n) is 5.65. The molecule has 0 saturated heterocycles. The largest absolute Gasteiger partial charge is 0.351 e. The van der Waals surface area contributed by atoms with Crippen molar-refractivity contribution in [3.63, 3.8) is 0 Å². The molecule has 104 valence electrons. The van der Waals surface area contributed by atoms with Gasteiger partial charge in [0.25, 0.3) is 0 Å². The first-order valence-electron chi connectivity index (χ1n) is 7.12. The SMILES string of the molecule is C=CN(/C=C\C)Cc1cc(C(C)C)cc(C(C)C)c1. The fourth-order valence-corrected chi connectivity index (χ4v) is 2.08. The summed E-state index contributed by atoms with van der Waals surface area (Å²) in [7, 11) is 0. The van der Waals surface area contributed by atoms with E-state index in [-0.39, 0.29) is 0 Å². The van der Waals surface area contributed by atoms with Crippen molar-refractivity contribution >= 4 is 0 Å². The third-order valence-electron chi connectivity index (χ3n) is 3.31. The minimum Gasteiger partial charge on any atom is -0.351 e. The Bertz CT molecular complexity index is 415. The average molecular weight is 257 g/mol. The first-order chi connectivity index (χ1) is 8.97. The van der Waals surface area contributed by atoms with E-state index >= 15 is 0 Å². The molecule has 0 N–H and O–H groups in total. The summed E-state index contributed by atoms with van der Waals surface area (Å²) in [5.41, 5.74) is 4.20. The van der Waals surface area contributed by atoms with Gasteiger partial charge in [-0.15, -0.1) is 0 Å². The maximum atomic E-state index is 3.87. The van der Waals surface area contributed by atoms with Crippen LogP contribution in [0.15, 0.2) is 43.3 Å². The monoisotopic (exact) mass is 257 g/mol. The highest BCUT2D eigenvalue weighted by Crippen LogP contribution is 2.24. The highest BCUT2D eigenvalue weighted by Gasteiger charge is 2.08. The second kappa shape index (κ2) is 7.18. The maximum absolute atomic E-state index is 3.87. The van der Waals surface area contributed by atoms with Crippen LogP contribution in [0.3, 0.4) is 0 Å².